The molecule has 1 saturated carbocycles. The maximum atomic E-state index is 5.62. The van der Waals surface area contributed by atoms with E-state index in [-0.39, 0.29) is 0 Å². The summed E-state index contributed by atoms with van der Waals surface area (Å²) in [4.78, 5) is 2.53. The van der Waals surface area contributed by atoms with E-state index in [0.29, 0.717) is 12.0 Å². The van der Waals surface area contributed by atoms with Crippen molar-refractivity contribution in [2.45, 2.75) is 51.4 Å². The van der Waals surface area contributed by atoms with Gasteiger partial charge in [0.25, 0.3) is 0 Å². The van der Waals surface area contributed by atoms with Crippen LogP contribution in [0.1, 0.15) is 37.3 Å². The van der Waals surface area contributed by atoms with E-state index in [4.69, 9.17) is 4.74 Å². The van der Waals surface area contributed by atoms with Crippen LogP contribution in [0.25, 0.3) is 0 Å². The van der Waals surface area contributed by atoms with Crippen molar-refractivity contribution in [3.05, 3.63) is 35.4 Å². The summed E-state index contributed by atoms with van der Waals surface area (Å²) >= 11 is 0. The van der Waals surface area contributed by atoms with Crippen LogP contribution in [-0.4, -0.2) is 37.2 Å². The molecule has 0 amide bonds. The Hall–Kier alpha value is -0.900. The summed E-state index contributed by atoms with van der Waals surface area (Å²) in [6.45, 7) is 6.60. The fourth-order valence-electron chi connectivity index (χ4n) is 3.19. The number of methoxy groups -OCH3 is 1. The van der Waals surface area contributed by atoms with Crippen molar-refractivity contribution in [1.29, 1.82) is 0 Å². The highest BCUT2D eigenvalue weighted by Crippen LogP contribution is 2.22. The van der Waals surface area contributed by atoms with Crippen molar-refractivity contribution in [1.82, 2.24) is 10.2 Å². The van der Waals surface area contributed by atoms with Gasteiger partial charge in [-0.25, -0.2) is 0 Å². The Morgan fingerprint density at radius 2 is 2.05 bits per heavy atom. The molecule has 3 rings (SSSR count). The summed E-state index contributed by atoms with van der Waals surface area (Å²) in [6.07, 6.45) is 4.33. The van der Waals surface area contributed by atoms with Gasteiger partial charge in [0.1, 0.15) is 0 Å². The lowest BCUT2D eigenvalue weighted by Gasteiger charge is -2.36. The van der Waals surface area contributed by atoms with Gasteiger partial charge in [-0.1, -0.05) is 31.2 Å². The number of piperidine rings is 1. The van der Waals surface area contributed by atoms with E-state index < -0.39 is 0 Å². The van der Waals surface area contributed by atoms with Crippen LogP contribution in [0.5, 0.6) is 0 Å². The highest BCUT2D eigenvalue weighted by Gasteiger charge is 2.25. The Bertz CT molecular complexity index is 458. The topological polar surface area (TPSA) is 24.5 Å². The van der Waals surface area contributed by atoms with Gasteiger partial charge in [0.15, 0.2) is 0 Å². The zero-order valence-electron chi connectivity index (χ0n) is 13.3. The summed E-state index contributed by atoms with van der Waals surface area (Å²) in [5.74, 6) is 0.681. The third kappa shape index (κ3) is 4.29. The Morgan fingerprint density at radius 1 is 1.24 bits per heavy atom. The van der Waals surface area contributed by atoms with Crippen molar-refractivity contribution in [2.24, 2.45) is 5.92 Å². The third-order valence-electron chi connectivity index (χ3n) is 4.85. The molecule has 1 aromatic rings. The first-order valence-corrected chi connectivity index (χ1v) is 8.31. The van der Waals surface area contributed by atoms with Gasteiger partial charge >= 0.3 is 0 Å². The molecule has 1 N–H and O–H groups in total. The lowest BCUT2D eigenvalue weighted by molar-refractivity contribution is -0.00745. The number of benzene rings is 1. The minimum atomic E-state index is 0.387. The highest BCUT2D eigenvalue weighted by atomic mass is 16.5. The van der Waals surface area contributed by atoms with Crippen molar-refractivity contribution >= 4 is 0 Å². The monoisotopic (exact) mass is 288 g/mol. The molecule has 21 heavy (non-hydrogen) atoms. The largest absolute Gasteiger partial charge is 0.380 e. The number of rotatable bonds is 6. The number of nitrogens with one attached hydrogen (secondary N) is 1. The van der Waals surface area contributed by atoms with Crippen LogP contribution in [-0.2, 0) is 17.8 Å². The molecule has 1 saturated heterocycles. The second-order valence-corrected chi connectivity index (χ2v) is 6.75. The zero-order chi connectivity index (χ0) is 14.7. The van der Waals surface area contributed by atoms with E-state index in [1.165, 1.54) is 36.9 Å². The minimum absolute atomic E-state index is 0.387. The Morgan fingerprint density at radius 3 is 2.81 bits per heavy atom. The van der Waals surface area contributed by atoms with Gasteiger partial charge in [-0.05, 0) is 42.9 Å². The molecular weight excluding hydrogens is 260 g/mol. The number of likely N-dealkylation sites (tertiary alicyclic amines) is 1. The minimum Gasteiger partial charge on any atom is -0.380 e. The molecule has 1 aromatic carbocycles. The average molecular weight is 288 g/mol. The number of ether oxygens (including phenoxy) is 1. The van der Waals surface area contributed by atoms with Crippen LogP contribution >= 0.6 is 0 Å². The Labute approximate surface area is 128 Å². The van der Waals surface area contributed by atoms with Gasteiger partial charge in [-0.3, -0.25) is 4.90 Å². The van der Waals surface area contributed by atoms with Crippen LogP contribution in [0.15, 0.2) is 24.3 Å². The SMILES string of the molecule is COC1CN(Cc2cccc(CNC3CC3)c2)CCC1C. The first kappa shape index (κ1) is 15.0. The van der Waals surface area contributed by atoms with Gasteiger partial charge in [0.2, 0.25) is 0 Å². The average Bonchev–Trinajstić information content (AvgIpc) is 3.32. The quantitative estimate of drug-likeness (QED) is 0.871. The van der Waals surface area contributed by atoms with Gasteiger partial charge in [0.05, 0.1) is 6.10 Å². The maximum absolute atomic E-state index is 5.62. The van der Waals surface area contributed by atoms with Crippen LogP contribution in [0.2, 0.25) is 0 Å². The lowest BCUT2D eigenvalue weighted by Crippen LogP contribution is -2.43. The van der Waals surface area contributed by atoms with Crippen molar-refractivity contribution in [3.8, 4) is 0 Å². The van der Waals surface area contributed by atoms with Gasteiger partial charge in [0, 0.05) is 32.8 Å². The molecule has 2 unspecified atom stereocenters. The van der Waals surface area contributed by atoms with Crippen molar-refractivity contribution in [3.63, 3.8) is 0 Å². The fraction of sp³-hybridized carbons (Fsp3) is 0.667. The van der Waals surface area contributed by atoms with Crippen molar-refractivity contribution < 1.29 is 4.74 Å². The molecule has 0 spiro atoms. The molecule has 1 aliphatic heterocycles. The standard InChI is InChI=1S/C18H28N2O/c1-14-8-9-20(13-18(14)21-2)12-16-5-3-4-15(10-16)11-19-17-6-7-17/h3-5,10,14,17-19H,6-9,11-13H2,1-2H3. The molecule has 116 valence electrons. The van der Waals surface area contributed by atoms with Crippen LogP contribution in [0, 0.1) is 5.92 Å². The van der Waals surface area contributed by atoms with E-state index in [1.54, 1.807) is 0 Å². The zero-order valence-corrected chi connectivity index (χ0v) is 13.3. The second kappa shape index (κ2) is 6.91. The summed E-state index contributed by atoms with van der Waals surface area (Å²) in [5.41, 5.74) is 2.84. The number of nitrogens with zero attached hydrogens (tertiary/aromatic N) is 1. The predicted octanol–water partition coefficient (Wildman–Crippen LogP) is 2.80. The van der Waals surface area contributed by atoms with Crippen molar-refractivity contribution in [2.75, 3.05) is 20.2 Å². The third-order valence-corrected chi connectivity index (χ3v) is 4.85. The molecule has 0 radical (unpaired) electrons. The van der Waals surface area contributed by atoms with E-state index in [2.05, 4.69) is 41.4 Å². The molecule has 2 atom stereocenters. The molecule has 3 nitrogen and oxygen atoms in total. The molecule has 2 fully saturated rings. The fourth-order valence-corrected chi connectivity index (χ4v) is 3.19. The van der Waals surface area contributed by atoms with Gasteiger partial charge in [-0.15, -0.1) is 0 Å². The van der Waals surface area contributed by atoms with E-state index in [1.807, 2.05) is 7.11 Å². The summed E-state index contributed by atoms with van der Waals surface area (Å²) in [6, 6.07) is 9.81. The first-order valence-electron chi connectivity index (χ1n) is 8.31. The molecule has 0 bridgehead atoms. The molecule has 3 heteroatoms. The summed E-state index contributed by atoms with van der Waals surface area (Å²) < 4.78 is 5.62. The summed E-state index contributed by atoms with van der Waals surface area (Å²) in [5, 5.41) is 3.59. The summed E-state index contributed by atoms with van der Waals surface area (Å²) in [7, 11) is 1.84. The normalized spacial score (nSPS) is 27.0. The van der Waals surface area contributed by atoms with Gasteiger partial charge < -0.3 is 10.1 Å². The van der Waals surface area contributed by atoms with Crippen LogP contribution < -0.4 is 5.32 Å². The second-order valence-electron chi connectivity index (χ2n) is 6.75. The smallest absolute Gasteiger partial charge is 0.0724 e. The number of hydrogen-bond donors (Lipinski definition) is 1. The molecular formula is C18H28N2O. The Kier molecular flexibility index (Phi) is 4.94. The van der Waals surface area contributed by atoms with Crippen LogP contribution in [0.3, 0.4) is 0 Å². The molecule has 1 aliphatic carbocycles. The first-order chi connectivity index (χ1) is 10.2. The molecule has 2 aliphatic rings. The van der Waals surface area contributed by atoms with Gasteiger partial charge in [-0.2, -0.15) is 0 Å². The maximum Gasteiger partial charge on any atom is 0.0724 e. The molecule has 0 aromatic heterocycles. The highest BCUT2D eigenvalue weighted by molar-refractivity contribution is 5.23. The predicted molar refractivity (Wildman–Crippen MR) is 86.2 cm³/mol. The molecule has 1 heterocycles. The number of hydrogen-bond acceptors (Lipinski definition) is 3. The van der Waals surface area contributed by atoms with E-state index in [9.17, 15) is 0 Å². The van der Waals surface area contributed by atoms with E-state index in [0.717, 1.165) is 25.7 Å². The van der Waals surface area contributed by atoms with Crippen LogP contribution in [0.4, 0.5) is 0 Å². The lowest BCUT2D eigenvalue weighted by atomic mass is 9.95. The Balaban J connectivity index is 1.55. The van der Waals surface area contributed by atoms with E-state index >= 15 is 0 Å².